The summed E-state index contributed by atoms with van der Waals surface area (Å²) >= 11 is 1.44. The summed E-state index contributed by atoms with van der Waals surface area (Å²) in [4.78, 5) is 30.9. The van der Waals surface area contributed by atoms with E-state index in [2.05, 4.69) is 15.1 Å². The summed E-state index contributed by atoms with van der Waals surface area (Å²) < 4.78 is 6.41. The van der Waals surface area contributed by atoms with Gasteiger partial charge in [0.2, 0.25) is 5.16 Å². The highest BCUT2D eigenvalue weighted by Gasteiger charge is 2.15. The number of esters is 1. The molecule has 1 amide bonds. The van der Waals surface area contributed by atoms with Gasteiger partial charge in [0.05, 0.1) is 0 Å². The number of nitrogens with two attached hydrogens (primary N) is 1. The number of rotatable bonds is 6. The third-order valence-electron chi connectivity index (χ3n) is 3.17. The SMILES string of the molecule is CSc1nc2nc(C)c(CCC(=O)OCC(N)=O)c(C)n2n1. The molecule has 0 fully saturated rings. The van der Waals surface area contributed by atoms with E-state index in [0.29, 0.717) is 17.4 Å². The number of ether oxygens (including phenoxy) is 1. The average molecular weight is 323 g/mol. The molecular formula is C13H17N5O3S. The summed E-state index contributed by atoms with van der Waals surface area (Å²) in [5, 5.41) is 4.99. The Morgan fingerprint density at radius 3 is 2.68 bits per heavy atom. The molecule has 0 radical (unpaired) electrons. The number of aromatic nitrogens is 4. The van der Waals surface area contributed by atoms with Crippen molar-refractivity contribution in [3.63, 3.8) is 0 Å². The average Bonchev–Trinajstić information content (AvgIpc) is 2.88. The van der Waals surface area contributed by atoms with E-state index in [1.165, 1.54) is 11.8 Å². The molecule has 2 heterocycles. The molecule has 2 rings (SSSR count). The molecule has 9 heteroatoms. The van der Waals surface area contributed by atoms with Crippen LogP contribution in [0.1, 0.15) is 23.4 Å². The highest BCUT2D eigenvalue weighted by atomic mass is 32.2. The van der Waals surface area contributed by atoms with Crippen LogP contribution in [0.25, 0.3) is 5.78 Å². The molecule has 0 atom stereocenters. The number of carbonyl (C=O) groups is 2. The third-order valence-corrected chi connectivity index (χ3v) is 3.70. The zero-order valence-corrected chi connectivity index (χ0v) is 13.4. The minimum absolute atomic E-state index is 0.145. The van der Waals surface area contributed by atoms with Crippen molar-refractivity contribution in [1.29, 1.82) is 0 Å². The monoisotopic (exact) mass is 323 g/mol. The van der Waals surface area contributed by atoms with E-state index in [9.17, 15) is 9.59 Å². The van der Waals surface area contributed by atoms with Gasteiger partial charge in [0.25, 0.3) is 11.7 Å². The summed E-state index contributed by atoms with van der Waals surface area (Å²) in [6.45, 7) is 3.38. The van der Waals surface area contributed by atoms with Gasteiger partial charge in [-0.05, 0) is 32.1 Å². The van der Waals surface area contributed by atoms with Crippen LogP contribution < -0.4 is 5.73 Å². The van der Waals surface area contributed by atoms with Crippen molar-refractivity contribution in [2.24, 2.45) is 5.73 Å². The minimum Gasteiger partial charge on any atom is -0.456 e. The lowest BCUT2D eigenvalue weighted by molar-refractivity contribution is -0.147. The van der Waals surface area contributed by atoms with Crippen molar-refractivity contribution < 1.29 is 14.3 Å². The van der Waals surface area contributed by atoms with Crippen LogP contribution in [0, 0.1) is 13.8 Å². The molecule has 0 aliphatic heterocycles. The molecule has 0 saturated heterocycles. The van der Waals surface area contributed by atoms with Crippen LogP contribution in [-0.2, 0) is 20.7 Å². The summed E-state index contributed by atoms with van der Waals surface area (Å²) in [5.41, 5.74) is 7.53. The number of aryl methyl sites for hydroxylation is 2. The number of hydrogen-bond donors (Lipinski definition) is 1. The number of amides is 1. The van der Waals surface area contributed by atoms with Gasteiger partial charge in [0.15, 0.2) is 6.61 Å². The van der Waals surface area contributed by atoms with Gasteiger partial charge in [-0.1, -0.05) is 11.8 Å². The zero-order chi connectivity index (χ0) is 16.3. The summed E-state index contributed by atoms with van der Waals surface area (Å²) in [6, 6.07) is 0. The lowest BCUT2D eigenvalue weighted by Crippen LogP contribution is -2.21. The van der Waals surface area contributed by atoms with Gasteiger partial charge in [-0.25, -0.2) is 9.50 Å². The topological polar surface area (TPSA) is 112 Å². The molecule has 0 unspecified atom stereocenters. The highest BCUT2D eigenvalue weighted by molar-refractivity contribution is 7.98. The second kappa shape index (κ2) is 6.73. The Kier molecular flexibility index (Phi) is 4.96. The normalized spacial score (nSPS) is 10.9. The van der Waals surface area contributed by atoms with Crippen molar-refractivity contribution in [2.45, 2.75) is 31.8 Å². The highest BCUT2D eigenvalue weighted by Crippen LogP contribution is 2.18. The van der Waals surface area contributed by atoms with Crippen LogP contribution in [0.4, 0.5) is 0 Å². The fraction of sp³-hybridized carbons (Fsp3) is 0.462. The lowest BCUT2D eigenvalue weighted by Gasteiger charge is -2.09. The number of hydrogen-bond acceptors (Lipinski definition) is 7. The Bertz CT molecular complexity index is 728. The van der Waals surface area contributed by atoms with E-state index >= 15 is 0 Å². The Labute approximate surface area is 131 Å². The van der Waals surface area contributed by atoms with E-state index in [1.54, 1.807) is 4.52 Å². The summed E-state index contributed by atoms with van der Waals surface area (Å²) in [7, 11) is 0. The van der Waals surface area contributed by atoms with E-state index in [-0.39, 0.29) is 6.42 Å². The van der Waals surface area contributed by atoms with Crippen LogP contribution in [0.5, 0.6) is 0 Å². The largest absolute Gasteiger partial charge is 0.456 e. The number of carbonyl (C=O) groups excluding carboxylic acids is 2. The van der Waals surface area contributed by atoms with Gasteiger partial charge in [0, 0.05) is 17.8 Å². The first-order valence-electron chi connectivity index (χ1n) is 6.63. The zero-order valence-electron chi connectivity index (χ0n) is 12.6. The van der Waals surface area contributed by atoms with Crippen LogP contribution >= 0.6 is 11.8 Å². The fourth-order valence-electron chi connectivity index (χ4n) is 2.09. The minimum atomic E-state index is -0.670. The molecule has 22 heavy (non-hydrogen) atoms. The molecule has 2 N–H and O–H groups in total. The molecule has 0 saturated carbocycles. The molecule has 8 nitrogen and oxygen atoms in total. The Hall–Kier alpha value is -2.16. The molecular weight excluding hydrogens is 306 g/mol. The summed E-state index contributed by atoms with van der Waals surface area (Å²) in [6.07, 6.45) is 2.49. The second-order valence-electron chi connectivity index (χ2n) is 4.70. The number of nitrogens with zero attached hydrogens (tertiary/aromatic N) is 4. The lowest BCUT2D eigenvalue weighted by atomic mass is 10.1. The molecule has 0 aliphatic rings. The van der Waals surface area contributed by atoms with Crippen molar-refractivity contribution >= 4 is 29.4 Å². The Balaban J connectivity index is 2.17. The number of fused-ring (bicyclic) bond motifs is 1. The molecule has 118 valence electrons. The van der Waals surface area contributed by atoms with E-state index in [0.717, 1.165) is 17.0 Å². The maximum atomic E-state index is 11.6. The maximum Gasteiger partial charge on any atom is 0.306 e. The maximum absolute atomic E-state index is 11.6. The molecule has 0 bridgehead atoms. The number of thioether (sulfide) groups is 1. The predicted octanol–water partition coefficient (Wildman–Crippen LogP) is 0.424. The van der Waals surface area contributed by atoms with Gasteiger partial charge in [-0.15, -0.1) is 5.10 Å². The smallest absolute Gasteiger partial charge is 0.306 e. The van der Waals surface area contributed by atoms with Gasteiger partial charge in [-0.3, -0.25) is 9.59 Å². The van der Waals surface area contributed by atoms with Crippen LogP contribution in [0.2, 0.25) is 0 Å². The Morgan fingerprint density at radius 2 is 2.05 bits per heavy atom. The van der Waals surface area contributed by atoms with Crippen molar-refractivity contribution in [3.8, 4) is 0 Å². The molecule has 0 spiro atoms. The first-order chi connectivity index (χ1) is 10.4. The Morgan fingerprint density at radius 1 is 1.32 bits per heavy atom. The molecule has 2 aromatic heterocycles. The van der Waals surface area contributed by atoms with Gasteiger partial charge >= 0.3 is 5.97 Å². The first-order valence-corrected chi connectivity index (χ1v) is 7.85. The molecule has 0 aliphatic carbocycles. The van der Waals surface area contributed by atoms with Crippen LogP contribution in [0.3, 0.4) is 0 Å². The van der Waals surface area contributed by atoms with Gasteiger partial charge in [-0.2, -0.15) is 4.98 Å². The molecule has 2 aromatic rings. The summed E-state index contributed by atoms with van der Waals surface area (Å²) in [5.74, 6) is -0.600. The van der Waals surface area contributed by atoms with E-state index in [4.69, 9.17) is 10.5 Å². The van der Waals surface area contributed by atoms with Gasteiger partial charge < -0.3 is 10.5 Å². The van der Waals surface area contributed by atoms with E-state index < -0.39 is 18.5 Å². The van der Waals surface area contributed by atoms with Crippen molar-refractivity contribution in [2.75, 3.05) is 12.9 Å². The number of primary amides is 1. The van der Waals surface area contributed by atoms with Crippen LogP contribution in [-0.4, -0.2) is 44.3 Å². The first kappa shape index (κ1) is 16.2. The predicted molar refractivity (Wildman–Crippen MR) is 80.5 cm³/mol. The standard InChI is InChI=1S/C13H17N5O3S/c1-7-9(4-5-11(20)21-6-10(14)19)8(2)18-12(15-7)16-13(17-18)22-3/h4-6H2,1-3H3,(H2,14,19). The fourth-order valence-corrected chi connectivity index (χ4v) is 2.43. The van der Waals surface area contributed by atoms with Crippen molar-refractivity contribution in [1.82, 2.24) is 19.6 Å². The second-order valence-corrected chi connectivity index (χ2v) is 5.47. The third kappa shape index (κ3) is 3.53. The van der Waals surface area contributed by atoms with Gasteiger partial charge in [0.1, 0.15) is 0 Å². The molecule has 0 aromatic carbocycles. The van der Waals surface area contributed by atoms with Crippen LogP contribution in [0.15, 0.2) is 5.16 Å². The van der Waals surface area contributed by atoms with Crippen molar-refractivity contribution in [3.05, 3.63) is 17.0 Å². The quantitative estimate of drug-likeness (QED) is 0.605. The van der Waals surface area contributed by atoms with E-state index in [1.807, 2.05) is 20.1 Å².